The summed E-state index contributed by atoms with van der Waals surface area (Å²) in [5, 5.41) is 38.2. The molecule has 0 spiro atoms. The van der Waals surface area contributed by atoms with E-state index in [9.17, 15) is 19.8 Å². The summed E-state index contributed by atoms with van der Waals surface area (Å²) < 4.78 is 0. The monoisotopic (exact) mass is 454 g/mol. The number of rotatable bonds is 20. The molecule has 0 aliphatic heterocycles. The summed E-state index contributed by atoms with van der Waals surface area (Å²) in [5.74, 6) is -2.70. The zero-order valence-electron chi connectivity index (χ0n) is 20.1. The maximum absolute atomic E-state index is 10.2. The minimum atomic E-state index is -1.35. The third-order valence-electron chi connectivity index (χ3n) is 5.21. The molecule has 0 fully saturated rings. The van der Waals surface area contributed by atoms with Crippen molar-refractivity contribution in [3.05, 3.63) is 0 Å². The van der Waals surface area contributed by atoms with Gasteiger partial charge in [-0.3, -0.25) is 0 Å². The zero-order chi connectivity index (χ0) is 23.0. The molecule has 180 valence electrons. The number of aliphatic hydroxyl groups is 2. The molecule has 2 N–H and O–H groups in total. The molecule has 2 atom stereocenters. The molecule has 0 heterocycles. The molecule has 31 heavy (non-hydrogen) atoms. The first kappa shape index (κ1) is 35.2. The molecular formula is C24H46MgO6. The first-order chi connectivity index (χ1) is 14.4. The number of carbonyl (C=O) groups is 2. The smallest absolute Gasteiger partial charge is 0.547 e. The Morgan fingerprint density at radius 2 is 0.774 bits per heavy atom. The van der Waals surface area contributed by atoms with Gasteiger partial charge in [-0.1, -0.05) is 117 Å². The summed E-state index contributed by atoms with van der Waals surface area (Å²) in [6.45, 7) is 4.39. The summed E-state index contributed by atoms with van der Waals surface area (Å²) in [5.41, 5.74) is 0. The van der Waals surface area contributed by atoms with Crippen molar-refractivity contribution >= 4 is 35.0 Å². The van der Waals surface area contributed by atoms with Crippen molar-refractivity contribution in [2.45, 2.75) is 142 Å². The van der Waals surface area contributed by atoms with Crippen LogP contribution in [0.25, 0.3) is 0 Å². The predicted octanol–water partition coefficient (Wildman–Crippen LogP) is 2.88. The van der Waals surface area contributed by atoms with Crippen molar-refractivity contribution in [3.8, 4) is 0 Å². The molecule has 0 aromatic rings. The number of carboxylic acid groups (broad SMARTS) is 2. The van der Waals surface area contributed by atoms with Gasteiger partial charge < -0.3 is 30.0 Å². The van der Waals surface area contributed by atoms with Crippen LogP contribution in [0.2, 0.25) is 0 Å². The molecule has 0 amide bonds. The molecule has 0 aromatic heterocycles. The minimum Gasteiger partial charge on any atom is -0.547 e. The number of aliphatic carboxylic acids is 2. The van der Waals surface area contributed by atoms with Gasteiger partial charge in [0.2, 0.25) is 0 Å². The van der Waals surface area contributed by atoms with Crippen LogP contribution in [0, 0.1) is 0 Å². The van der Waals surface area contributed by atoms with E-state index in [1.54, 1.807) is 0 Å². The number of unbranched alkanes of at least 4 members (excludes halogenated alkanes) is 14. The van der Waals surface area contributed by atoms with Crippen LogP contribution in [-0.4, -0.2) is 57.4 Å². The standard InChI is InChI=1S/2C12H24O3.Mg/c2*1-2-3-4-5-6-7-8-9-10-11(13)12(14)15;/h2*11,13H,2-10H2,1H3,(H,14,15);/q;;+2/p-2. The van der Waals surface area contributed by atoms with Crippen LogP contribution in [0.15, 0.2) is 0 Å². The summed E-state index contributed by atoms with van der Waals surface area (Å²) in [6.07, 6.45) is 16.7. The van der Waals surface area contributed by atoms with E-state index in [1.165, 1.54) is 64.2 Å². The summed E-state index contributed by atoms with van der Waals surface area (Å²) in [6, 6.07) is 0. The van der Waals surface area contributed by atoms with Crippen LogP contribution in [0.5, 0.6) is 0 Å². The van der Waals surface area contributed by atoms with E-state index in [1.807, 2.05) is 0 Å². The van der Waals surface area contributed by atoms with Gasteiger partial charge in [0.15, 0.2) is 0 Å². The van der Waals surface area contributed by atoms with Gasteiger partial charge in [-0.15, -0.1) is 0 Å². The van der Waals surface area contributed by atoms with Crippen LogP contribution >= 0.6 is 0 Å². The largest absolute Gasteiger partial charge is 2.00 e. The molecule has 7 heteroatoms. The Kier molecular flexibility index (Phi) is 31.4. The molecule has 0 aromatic carbocycles. The Bertz CT molecular complexity index is 356. The van der Waals surface area contributed by atoms with Crippen molar-refractivity contribution in [1.82, 2.24) is 0 Å². The summed E-state index contributed by atoms with van der Waals surface area (Å²) >= 11 is 0. The number of hydrogen-bond donors (Lipinski definition) is 2. The topological polar surface area (TPSA) is 121 Å². The van der Waals surface area contributed by atoms with E-state index >= 15 is 0 Å². The third-order valence-corrected chi connectivity index (χ3v) is 5.21. The second-order valence-electron chi connectivity index (χ2n) is 8.20. The normalized spacial score (nSPS) is 12.3. The SMILES string of the molecule is CCCCCCCCCCC(O)C(=O)[O-].CCCCCCCCCCC(O)C(=O)[O-].[Mg+2]. The summed E-state index contributed by atoms with van der Waals surface area (Å²) in [4.78, 5) is 20.4. The maximum Gasteiger partial charge on any atom is 2.00 e. The molecule has 0 radical (unpaired) electrons. The van der Waals surface area contributed by atoms with Crippen molar-refractivity contribution in [3.63, 3.8) is 0 Å². The number of carbonyl (C=O) groups excluding carboxylic acids is 2. The Hall–Kier alpha value is -0.374. The minimum absolute atomic E-state index is 0. The molecule has 0 saturated carbocycles. The predicted molar refractivity (Wildman–Crippen MR) is 122 cm³/mol. The van der Waals surface area contributed by atoms with Gasteiger partial charge in [0, 0.05) is 0 Å². The maximum atomic E-state index is 10.2. The molecule has 2 unspecified atom stereocenters. The fourth-order valence-electron chi connectivity index (χ4n) is 3.18. The van der Waals surface area contributed by atoms with E-state index in [4.69, 9.17) is 10.2 Å². The third kappa shape index (κ3) is 29.6. The number of carboxylic acids is 2. The van der Waals surface area contributed by atoms with Gasteiger partial charge in [-0.2, -0.15) is 0 Å². The van der Waals surface area contributed by atoms with Crippen LogP contribution in [0.3, 0.4) is 0 Å². The van der Waals surface area contributed by atoms with E-state index in [0.717, 1.165) is 38.5 Å². The molecular weight excluding hydrogens is 409 g/mol. The fraction of sp³-hybridized carbons (Fsp3) is 0.917. The second kappa shape index (κ2) is 27.7. The quantitative estimate of drug-likeness (QED) is 0.215. The van der Waals surface area contributed by atoms with Crippen molar-refractivity contribution in [2.24, 2.45) is 0 Å². The summed E-state index contributed by atoms with van der Waals surface area (Å²) in [7, 11) is 0. The molecule has 0 bridgehead atoms. The fourth-order valence-corrected chi connectivity index (χ4v) is 3.18. The Morgan fingerprint density at radius 1 is 0.548 bits per heavy atom. The molecule has 6 nitrogen and oxygen atoms in total. The van der Waals surface area contributed by atoms with Crippen molar-refractivity contribution in [2.75, 3.05) is 0 Å². The van der Waals surface area contributed by atoms with E-state index in [-0.39, 0.29) is 23.1 Å². The van der Waals surface area contributed by atoms with E-state index < -0.39 is 24.1 Å². The average Bonchev–Trinajstić information content (AvgIpc) is 2.71. The molecule has 0 rings (SSSR count). The number of hydrogen-bond acceptors (Lipinski definition) is 6. The van der Waals surface area contributed by atoms with Gasteiger partial charge in [0.05, 0.1) is 24.1 Å². The molecule has 0 saturated heterocycles. The van der Waals surface area contributed by atoms with Gasteiger partial charge in [0.25, 0.3) is 0 Å². The second-order valence-corrected chi connectivity index (χ2v) is 8.20. The Labute approximate surface area is 206 Å². The van der Waals surface area contributed by atoms with Gasteiger partial charge in [-0.25, -0.2) is 0 Å². The molecule has 0 aliphatic rings. The number of aliphatic hydroxyl groups excluding tert-OH is 2. The van der Waals surface area contributed by atoms with Gasteiger partial charge in [0.1, 0.15) is 0 Å². The van der Waals surface area contributed by atoms with Gasteiger partial charge >= 0.3 is 23.1 Å². The van der Waals surface area contributed by atoms with Crippen LogP contribution in [0.4, 0.5) is 0 Å². The Balaban J connectivity index is -0.000000490. The first-order valence-electron chi connectivity index (χ1n) is 12.1. The van der Waals surface area contributed by atoms with E-state index in [2.05, 4.69) is 13.8 Å². The van der Waals surface area contributed by atoms with E-state index in [0.29, 0.717) is 12.8 Å². The van der Waals surface area contributed by atoms with Crippen LogP contribution < -0.4 is 10.2 Å². The van der Waals surface area contributed by atoms with Crippen molar-refractivity contribution < 1.29 is 30.0 Å². The van der Waals surface area contributed by atoms with Crippen LogP contribution in [0.1, 0.15) is 129 Å². The van der Waals surface area contributed by atoms with Crippen molar-refractivity contribution in [1.29, 1.82) is 0 Å². The van der Waals surface area contributed by atoms with Crippen LogP contribution in [-0.2, 0) is 9.59 Å². The zero-order valence-corrected chi connectivity index (χ0v) is 21.5. The molecule has 0 aliphatic carbocycles. The average molecular weight is 455 g/mol. The van der Waals surface area contributed by atoms with Gasteiger partial charge in [-0.05, 0) is 12.8 Å². The Morgan fingerprint density at radius 3 is 1.00 bits per heavy atom. The first-order valence-corrected chi connectivity index (χ1v) is 12.1.